The van der Waals surface area contributed by atoms with E-state index in [0.29, 0.717) is 33.3 Å². The molecule has 0 spiro atoms. The Balaban J connectivity index is 1.74. The number of hydrogen-bond donors (Lipinski definition) is 0. The summed E-state index contributed by atoms with van der Waals surface area (Å²) in [7, 11) is 1.60. The monoisotopic (exact) mass is 475 g/mol. The van der Waals surface area contributed by atoms with E-state index >= 15 is 0 Å². The SMILES string of the molecule is COc1ccc([C@H]2c3c(oc4cc(C)c(C)cc4c3=O)C(=O)N2c2nnc(CC(C)C)s2)cc1. The van der Waals surface area contributed by atoms with Crippen molar-refractivity contribution in [1.82, 2.24) is 10.2 Å². The van der Waals surface area contributed by atoms with Crippen LogP contribution in [0.25, 0.3) is 11.0 Å². The molecule has 0 aliphatic carbocycles. The first-order valence-electron chi connectivity index (χ1n) is 11.2. The highest BCUT2D eigenvalue weighted by molar-refractivity contribution is 7.15. The van der Waals surface area contributed by atoms with Gasteiger partial charge in [0.1, 0.15) is 16.3 Å². The summed E-state index contributed by atoms with van der Waals surface area (Å²) < 4.78 is 11.4. The summed E-state index contributed by atoms with van der Waals surface area (Å²) in [6.45, 7) is 8.12. The number of carbonyl (C=O) groups excluding carboxylic acids is 1. The molecule has 7 nitrogen and oxygen atoms in total. The van der Waals surface area contributed by atoms with E-state index in [1.54, 1.807) is 7.11 Å². The molecule has 1 amide bonds. The Morgan fingerprint density at radius 1 is 1.09 bits per heavy atom. The largest absolute Gasteiger partial charge is 0.497 e. The van der Waals surface area contributed by atoms with Gasteiger partial charge in [0.2, 0.25) is 10.9 Å². The minimum absolute atomic E-state index is 0.0576. The van der Waals surface area contributed by atoms with Gasteiger partial charge in [0.05, 0.1) is 24.1 Å². The molecule has 2 aromatic heterocycles. The molecule has 1 atom stereocenters. The lowest BCUT2D eigenvalue weighted by Gasteiger charge is -2.22. The van der Waals surface area contributed by atoms with Crippen molar-refractivity contribution < 1.29 is 13.9 Å². The van der Waals surface area contributed by atoms with Crippen LogP contribution in [0, 0.1) is 19.8 Å². The van der Waals surface area contributed by atoms with Crippen molar-refractivity contribution in [3.8, 4) is 5.75 Å². The van der Waals surface area contributed by atoms with Crippen molar-refractivity contribution in [2.75, 3.05) is 12.0 Å². The smallest absolute Gasteiger partial charge is 0.297 e. The number of nitrogens with zero attached hydrogens (tertiary/aromatic N) is 3. The second kappa shape index (κ2) is 8.36. The molecule has 34 heavy (non-hydrogen) atoms. The lowest BCUT2D eigenvalue weighted by Crippen LogP contribution is -2.29. The number of rotatable bonds is 5. The number of aryl methyl sites for hydroxylation is 2. The van der Waals surface area contributed by atoms with Gasteiger partial charge in [-0.2, -0.15) is 0 Å². The number of methoxy groups -OCH3 is 1. The van der Waals surface area contributed by atoms with Crippen LogP contribution in [0.5, 0.6) is 5.75 Å². The van der Waals surface area contributed by atoms with Crippen molar-refractivity contribution in [3.63, 3.8) is 0 Å². The van der Waals surface area contributed by atoms with Gasteiger partial charge in [0.15, 0.2) is 5.43 Å². The first-order chi connectivity index (χ1) is 16.3. The van der Waals surface area contributed by atoms with Gasteiger partial charge in [0, 0.05) is 6.42 Å². The Labute approximate surface area is 201 Å². The molecule has 174 valence electrons. The molecule has 0 saturated heterocycles. The van der Waals surface area contributed by atoms with Crippen LogP contribution >= 0.6 is 11.3 Å². The van der Waals surface area contributed by atoms with Gasteiger partial charge in [0.25, 0.3) is 5.91 Å². The quantitative estimate of drug-likeness (QED) is 0.393. The molecule has 0 saturated carbocycles. The van der Waals surface area contributed by atoms with Gasteiger partial charge < -0.3 is 9.15 Å². The Hall–Kier alpha value is -3.52. The lowest BCUT2D eigenvalue weighted by molar-refractivity contribution is 0.0970. The zero-order valence-electron chi connectivity index (χ0n) is 19.7. The summed E-state index contributed by atoms with van der Waals surface area (Å²) >= 11 is 1.37. The second-order valence-electron chi connectivity index (χ2n) is 9.03. The van der Waals surface area contributed by atoms with Crippen LogP contribution in [0.15, 0.2) is 45.6 Å². The van der Waals surface area contributed by atoms with Crippen LogP contribution in [-0.4, -0.2) is 23.2 Å². The topological polar surface area (TPSA) is 85.5 Å². The summed E-state index contributed by atoms with van der Waals surface area (Å²) in [5.74, 6) is 0.763. The minimum atomic E-state index is -0.671. The molecule has 3 heterocycles. The molecule has 1 aliphatic rings. The van der Waals surface area contributed by atoms with Crippen molar-refractivity contribution in [1.29, 1.82) is 0 Å². The number of amides is 1. The molecular formula is C26H25N3O4S. The molecule has 5 rings (SSSR count). The van der Waals surface area contributed by atoms with E-state index in [9.17, 15) is 9.59 Å². The predicted octanol–water partition coefficient (Wildman–Crippen LogP) is 5.22. The van der Waals surface area contributed by atoms with Gasteiger partial charge >= 0.3 is 0 Å². The van der Waals surface area contributed by atoms with Crippen LogP contribution in [-0.2, 0) is 6.42 Å². The summed E-state index contributed by atoms with van der Waals surface area (Å²) in [5, 5.41) is 10.4. The van der Waals surface area contributed by atoms with Crippen molar-refractivity contribution >= 4 is 33.3 Å². The van der Waals surface area contributed by atoms with E-state index < -0.39 is 6.04 Å². The van der Waals surface area contributed by atoms with Gasteiger partial charge in [-0.3, -0.25) is 14.5 Å². The fraction of sp³-hybridized carbons (Fsp3) is 0.308. The second-order valence-corrected chi connectivity index (χ2v) is 10.1. The Bertz CT molecular complexity index is 1470. The molecular weight excluding hydrogens is 450 g/mol. The highest BCUT2D eigenvalue weighted by Crippen LogP contribution is 2.42. The van der Waals surface area contributed by atoms with Crippen LogP contribution in [0.2, 0.25) is 0 Å². The fourth-order valence-corrected chi connectivity index (χ4v) is 5.38. The van der Waals surface area contributed by atoms with Crippen molar-refractivity contribution in [2.24, 2.45) is 5.92 Å². The van der Waals surface area contributed by atoms with Crippen LogP contribution in [0.1, 0.15) is 57.7 Å². The van der Waals surface area contributed by atoms with Crippen molar-refractivity contribution in [3.05, 3.63) is 79.6 Å². The molecule has 0 radical (unpaired) electrons. The molecule has 0 unspecified atom stereocenters. The Morgan fingerprint density at radius 2 is 1.79 bits per heavy atom. The maximum atomic E-state index is 13.8. The third-order valence-electron chi connectivity index (χ3n) is 6.16. The lowest BCUT2D eigenvalue weighted by atomic mass is 9.97. The Kier molecular flexibility index (Phi) is 5.48. The van der Waals surface area contributed by atoms with Crippen LogP contribution in [0.3, 0.4) is 0 Å². The van der Waals surface area contributed by atoms with E-state index in [0.717, 1.165) is 28.1 Å². The third kappa shape index (κ3) is 3.58. The maximum absolute atomic E-state index is 13.8. The first kappa shape index (κ1) is 22.3. The number of benzene rings is 2. The molecule has 4 aromatic rings. The molecule has 0 N–H and O–H groups in total. The summed E-state index contributed by atoms with van der Waals surface area (Å²) in [6, 6.07) is 10.3. The van der Waals surface area contributed by atoms with Gasteiger partial charge in [-0.1, -0.05) is 37.3 Å². The Morgan fingerprint density at radius 3 is 2.47 bits per heavy atom. The van der Waals surface area contributed by atoms with Gasteiger partial charge in [-0.15, -0.1) is 10.2 Å². The number of anilines is 1. The number of ether oxygens (including phenoxy) is 1. The van der Waals surface area contributed by atoms with E-state index in [-0.39, 0.29) is 17.1 Å². The molecule has 0 fully saturated rings. The standard InChI is InChI=1S/C26H25N3O4S/c1-13(2)10-20-27-28-26(34-20)29-22(16-6-8-17(32-5)9-7-16)21-23(30)18-11-14(3)15(4)12-19(18)33-24(21)25(29)31/h6-9,11-13,22H,10H2,1-5H3/t22-/m0/s1. The normalized spacial score (nSPS) is 15.4. The fourth-order valence-electron chi connectivity index (χ4n) is 4.30. The number of fused-ring (bicyclic) bond motifs is 2. The van der Waals surface area contributed by atoms with E-state index in [1.165, 1.54) is 16.2 Å². The average Bonchev–Trinajstić information content (AvgIpc) is 3.37. The van der Waals surface area contributed by atoms with Crippen LogP contribution in [0.4, 0.5) is 5.13 Å². The predicted molar refractivity (Wildman–Crippen MR) is 132 cm³/mol. The zero-order valence-corrected chi connectivity index (χ0v) is 20.5. The van der Waals surface area contributed by atoms with E-state index in [4.69, 9.17) is 9.15 Å². The van der Waals surface area contributed by atoms with Gasteiger partial charge in [-0.05, 0) is 60.7 Å². The third-order valence-corrected chi connectivity index (χ3v) is 7.11. The maximum Gasteiger partial charge on any atom is 0.297 e. The number of hydrogen-bond acceptors (Lipinski definition) is 7. The molecule has 1 aliphatic heterocycles. The highest BCUT2D eigenvalue weighted by atomic mass is 32.1. The average molecular weight is 476 g/mol. The van der Waals surface area contributed by atoms with E-state index in [2.05, 4.69) is 24.0 Å². The summed E-state index contributed by atoms with van der Waals surface area (Å²) in [4.78, 5) is 29.0. The van der Waals surface area contributed by atoms with Crippen LogP contribution < -0.4 is 15.1 Å². The first-order valence-corrected chi connectivity index (χ1v) is 12.0. The van der Waals surface area contributed by atoms with E-state index in [1.807, 2.05) is 50.2 Å². The molecule has 0 bridgehead atoms. The number of aromatic nitrogens is 2. The summed E-state index contributed by atoms with van der Waals surface area (Å²) in [6.07, 6.45) is 0.763. The highest BCUT2D eigenvalue weighted by Gasteiger charge is 2.45. The molecule has 2 aromatic carbocycles. The molecule has 8 heteroatoms. The number of carbonyl (C=O) groups is 1. The van der Waals surface area contributed by atoms with Crippen molar-refractivity contribution in [2.45, 2.75) is 40.2 Å². The van der Waals surface area contributed by atoms with Gasteiger partial charge in [-0.25, -0.2) is 0 Å². The summed E-state index contributed by atoms with van der Waals surface area (Å²) in [5.41, 5.74) is 3.28. The zero-order chi connectivity index (χ0) is 24.1. The minimum Gasteiger partial charge on any atom is -0.497 e.